The second kappa shape index (κ2) is 6.76. The number of hydrogen-bond donors (Lipinski definition) is 0. The molecule has 1 fully saturated rings. The predicted molar refractivity (Wildman–Crippen MR) is 83.3 cm³/mol. The Morgan fingerprint density at radius 2 is 1.74 bits per heavy atom. The van der Waals surface area contributed by atoms with Gasteiger partial charge in [-0.15, -0.1) is 0 Å². The molecule has 0 radical (unpaired) electrons. The van der Waals surface area contributed by atoms with Crippen LogP contribution in [0.25, 0.3) is 0 Å². The largest absolute Gasteiger partial charge is 0.465 e. The highest BCUT2D eigenvalue weighted by atomic mass is 16.6. The zero-order valence-electron chi connectivity index (χ0n) is 13.4. The summed E-state index contributed by atoms with van der Waals surface area (Å²) in [7, 11) is 1.19. The molecule has 23 heavy (non-hydrogen) atoms. The smallest absolute Gasteiger partial charge is 0.338 e. The first-order valence-corrected chi connectivity index (χ1v) is 7.49. The van der Waals surface area contributed by atoms with Crippen LogP contribution in [0.2, 0.25) is 0 Å². The Morgan fingerprint density at radius 1 is 1.17 bits per heavy atom. The van der Waals surface area contributed by atoms with E-state index in [9.17, 15) is 19.7 Å². The maximum atomic E-state index is 12.7. The van der Waals surface area contributed by atoms with E-state index in [0.29, 0.717) is 24.9 Å². The summed E-state index contributed by atoms with van der Waals surface area (Å²) in [6.45, 7) is 5.37. The highest BCUT2D eigenvalue weighted by molar-refractivity contribution is 5.99. The molecular formula is C16H20N2O5. The van der Waals surface area contributed by atoms with Crippen molar-refractivity contribution in [2.45, 2.75) is 20.3 Å². The number of hydrogen-bond acceptors (Lipinski definition) is 5. The maximum absolute atomic E-state index is 12.7. The fraction of sp³-hybridized carbons (Fsp3) is 0.500. The van der Waals surface area contributed by atoms with E-state index in [1.54, 1.807) is 4.90 Å². The first kappa shape index (κ1) is 16.9. The first-order chi connectivity index (χ1) is 10.8. The number of carbonyl (C=O) groups is 2. The Balaban J connectivity index is 2.37. The summed E-state index contributed by atoms with van der Waals surface area (Å²) < 4.78 is 4.60. The third kappa shape index (κ3) is 3.85. The Bertz CT molecular complexity index is 633. The standard InChI is InChI=1S/C16H20N2O5/c1-10-4-11(2)9-17(8-10)15(19)12-5-13(16(20)23-3)7-14(6-12)18(21)22/h5-7,10-11H,4,8-9H2,1-3H3/t10-,11+. The van der Waals surface area contributed by atoms with E-state index in [-0.39, 0.29) is 22.7 Å². The molecule has 0 saturated carbocycles. The second-order valence-corrected chi connectivity index (χ2v) is 6.17. The fourth-order valence-corrected chi connectivity index (χ4v) is 3.09. The number of nitro groups is 1. The van der Waals surface area contributed by atoms with Crippen LogP contribution in [-0.4, -0.2) is 41.9 Å². The van der Waals surface area contributed by atoms with Gasteiger partial charge >= 0.3 is 5.97 Å². The molecular weight excluding hydrogens is 300 g/mol. The number of ether oxygens (including phenoxy) is 1. The van der Waals surface area contributed by atoms with Gasteiger partial charge in [0.2, 0.25) is 0 Å². The molecule has 2 atom stereocenters. The zero-order chi connectivity index (χ0) is 17.1. The third-order valence-electron chi connectivity index (χ3n) is 3.95. The number of non-ortho nitro benzene ring substituents is 1. The Morgan fingerprint density at radius 3 is 2.26 bits per heavy atom. The summed E-state index contributed by atoms with van der Waals surface area (Å²) in [6.07, 6.45) is 1.05. The number of rotatable bonds is 3. The van der Waals surface area contributed by atoms with Gasteiger partial charge < -0.3 is 9.64 Å². The van der Waals surface area contributed by atoms with Crippen LogP contribution in [0.5, 0.6) is 0 Å². The molecule has 1 saturated heterocycles. The van der Waals surface area contributed by atoms with Crippen LogP contribution in [0.15, 0.2) is 18.2 Å². The zero-order valence-corrected chi connectivity index (χ0v) is 13.4. The molecule has 0 unspecified atom stereocenters. The van der Waals surface area contributed by atoms with Crippen molar-refractivity contribution >= 4 is 17.6 Å². The van der Waals surface area contributed by atoms with Crippen molar-refractivity contribution in [1.29, 1.82) is 0 Å². The lowest BCUT2D eigenvalue weighted by Gasteiger charge is -2.35. The van der Waals surface area contributed by atoms with Gasteiger partial charge in [-0.25, -0.2) is 4.79 Å². The van der Waals surface area contributed by atoms with Crippen molar-refractivity contribution < 1.29 is 19.2 Å². The summed E-state index contributed by atoms with van der Waals surface area (Å²) in [5.41, 5.74) is -0.154. The molecule has 1 aromatic carbocycles. The van der Waals surface area contributed by atoms with Crippen LogP contribution in [0, 0.1) is 22.0 Å². The SMILES string of the molecule is COC(=O)c1cc(C(=O)N2C[C@H](C)C[C@H](C)C2)cc([N+](=O)[O-])c1. The molecule has 0 aliphatic carbocycles. The highest BCUT2D eigenvalue weighted by Gasteiger charge is 2.28. The molecule has 1 amide bonds. The van der Waals surface area contributed by atoms with E-state index in [1.165, 1.54) is 19.2 Å². The molecule has 7 heteroatoms. The van der Waals surface area contributed by atoms with Gasteiger partial charge in [0, 0.05) is 30.8 Å². The lowest BCUT2D eigenvalue weighted by molar-refractivity contribution is -0.384. The number of nitrogens with zero attached hydrogens (tertiary/aromatic N) is 2. The fourth-order valence-electron chi connectivity index (χ4n) is 3.09. The molecule has 0 aromatic heterocycles. The van der Waals surface area contributed by atoms with Crippen molar-refractivity contribution in [3.63, 3.8) is 0 Å². The van der Waals surface area contributed by atoms with Crippen LogP contribution in [0.3, 0.4) is 0 Å². The topological polar surface area (TPSA) is 89.8 Å². The van der Waals surface area contributed by atoms with Gasteiger partial charge in [0.1, 0.15) is 0 Å². The molecule has 124 valence electrons. The number of methoxy groups -OCH3 is 1. The number of piperidine rings is 1. The third-order valence-corrected chi connectivity index (χ3v) is 3.95. The Labute approximate surface area is 134 Å². The minimum Gasteiger partial charge on any atom is -0.465 e. The molecule has 7 nitrogen and oxygen atoms in total. The van der Waals surface area contributed by atoms with Crippen LogP contribution >= 0.6 is 0 Å². The predicted octanol–water partition coefficient (Wildman–Crippen LogP) is 2.50. The molecule has 1 aliphatic heterocycles. The summed E-state index contributed by atoms with van der Waals surface area (Å²) in [5, 5.41) is 11.0. The summed E-state index contributed by atoms with van der Waals surface area (Å²) in [5.74, 6) is -0.247. The lowest BCUT2D eigenvalue weighted by atomic mass is 9.91. The van der Waals surface area contributed by atoms with Gasteiger partial charge in [-0.1, -0.05) is 13.8 Å². The normalized spacial score (nSPS) is 20.9. The average molecular weight is 320 g/mol. The van der Waals surface area contributed by atoms with E-state index >= 15 is 0 Å². The molecule has 0 bridgehead atoms. The van der Waals surface area contributed by atoms with Crippen LogP contribution in [-0.2, 0) is 4.74 Å². The van der Waals surface area contributed by atoms with Crippen LogP contribution in [0.4, 0.5) is 5.69 Å². The number of amides is 1. The molecule has 0 N–H and O–H groups in total. The van der Waals surface area contributed by atoms with Gasteiger partial charge in [-0.05, 0) is 24.3 Å². The molecule has 0 spiro atoms. The van der Waals surface area contributed by atoms with Crippen LogP contribution in [0.1, 0.15) is 41.0 Å². The van der Waals surface area contributed by atoms with Crippen molar-refractivity contribution in [1.82, 2.24) is 4.90 Å². The van der Waals surface area contributed by atoms with Gasteiger partial charge in [0.25, 0.3) is 11.6 Å². The number of esters is 1. The summed E-state index contributed by atoms with van der Waals surface area (Å²) >= 11 is 0. The van der Waals surface area contributed by atoms with E-state index in [1.807, 2.05) is 0 Å². The average Bonchev–Trinajstić information content (AvgIpc) is 2.51. The number of nitro benzene ring substituents is 1. The maximum Gasteiger partial charge on any atom is 0.338 e. The number of carbonyl (C=O) groups excluding carboxylic acids is 2. The van der Waals surface area contributed by atoms with Gasteiger partial charge in [-0.2, -0.15) is 0 Å². The van der Waals surface area contributed by atoms with E-state index < -0.39 is 10.9 Å². The first-order valence-electron chi connectivity index (χ1n) is 7.49. The lowest BCUT2D eigenvalue weighted by Crippen LogP contribution is -2.42. The molecule has 2 rings (SSSR count). The van der Waals surface area contributed by atoms with Crippen molar-refractivity contribution in [3.05, 3.63) is 39.4 Å². The van der Waals surface area contributed by atoms with Crippen LogP contribution < -0.4 is 0 Å². The van der Waals surface area contributed by atoms with Crippen molar-refractivity contribution in [2.24, 2.45) is 11.8 Å². The van der Waals surface area contributed by atoms with Gasteiger partial charge in [0.15, 0.2) is 0 Å². The minimum absolute atomic E-state index is 0.00292. The second-order valence-electron chi connectivity index (χ2n) is 6.17. The monoisotopic (exact) mass is 320 g/mol. The van der Waals surface area contributed by atoms with E-state index in [4.69, 9.17) is 0 Å². The Hall–Kier alpha value is -2.44. The Kier molecular flexibility index (Phi) is 4.98. The van der Waals surface area contributed by atoms with Crippen molar-refractivity contribution in [2.75, 3.05) is 20.2 Å². The number of likely N-dealkylation sites (tertiary alicyclic amines) is 1. The van der Waals surface area contributed by atoms with Crippen molar-refractivity contribution in [3.8, 4) is 0 Å². The summed E-state index contributed by atoms with van der Waals surface area (Å²) in [6, 6.07) is 3.67. The van der Waals surface area contributed by atoms with E-state index in [0.717, 1.165) is 12.5 Å². The number of benzene rings is 1. The van der Waals surface area contributed by atoms with E-state index in [2.05, 4.69) is 18.6 Å². The minimum atomic E-state index is -0.705. The van der Waals surface area contributed by atoms with Gasteiger partial charge in [-0.3, -0.25) is 14.9 Å². The van der Waals surface area contributed by atoms with Gasteiger partial charge in [0.05, 0.1) is 17.6 Å². The quantitative estimate of drug-likeness (QED) is 0.485. The molecule has 1 aliphatic rings. The highest BCUT2D eigenvalue weighted by Crippen LogP contribution is 2.24. The summed E-state index contributed by atoms with van der Waals surface area (Å²) in [4.78, 5) is 36.5. The molecule has 1 aromatic rings. The molecule has 1 heterocycles.